The lowest BCUT2D eigenvalue weighted by molar-refractivity contribution is -0.148. The number of aliphatic carboxylic acids is 1. The summed E-state index contributed by atoms with van der Waals surface area (Å²) >= 11 is 0. The largest absolute Gasteiger partial charge is 0.481 e. The Bertz CT molecular complexity index is 317. The molecule has 0 spiro atoms. The minimum absolute atomic E-state index is 0.0278. The van der Waals surface area contributed by atoms with Crippen LogP contribution in [0.2, 0.25) is 0 Å². The third-order valence-corrected chi connectivity index (χ3v) is 4.36. The Hall–Kier alpha value is -1.06. The number of rotatable bonds is 5. The molecule has 1 unspecified atom stereocenters. The molecule has 2 fully saturated rings. The fourth-order valence-corrected chi connectivity index (χ4v) is 2.75. The van der Waals surface area contributed by atoms with Gasteiger partial charge in [0, 0.05) is 12.5 Å². The molecule has 0 heterocycles. The van der Waals surface area contributed by atoms with Gasteiger partial charge in [-0.1, -0.05) is 19.8 Å². The number of nitrogens with one attached hydrogen (secondary N) is 1. The summed E-state index contributed by atoms with van der Waals surface area (Å²) in [5.41, 5.74) is -0.696. The normalized spacial score (nSPS) is 24.3. The standard InChI is InChI=1S/C13H21NO3/c1-9(10-4-5-10)11(15)14-8-13(12(16)17)6-2-3-7-13/h9-10H,2-8H2,1H3,(H,14,15)(H,16,17). The summed E-state index contributed by atoms with van der Waals surface area (Å²) in [5.74, 6) is -0.156. The van der Waals surface area contributed by atoms with Gasteiger partial charge in [-0.25, -0.2) is 0 Å². The molecule has 96 valence electrons. The third kappa shape index (κ3) is 2.61. The van der Waals surface area contributed by atoms with Crippen molar-refractivity contribution in [1.82, 2.24) is 5.32 Å². The number of amides is 1. The predicted molar refractivity (Wildman–Crippen MR) is 63.4 cm³/mol. The first-order chi connectivity index (χ1) is 8.05. The molecule has 1 atom stereocenters. The Morgan fingerprint density at radius 1 is 1.35 bits per heavy atom. The van der Waals surface area contributed by atoms with Crippen LogP contribution in [0.15, 0.2) is 0 Å². The van der Waals surface area contributed by atoms with Crippen molar-refractivity contribution in [3.8, 4) is 0 Å². The van der Waals surface area contributed by atoms with Gasteiger partial charge in [0.25, 0.3) is 0 Å². The minimum atomic E-state index is -0.755. The van der Waals surface area contributed by atoms with E-state index in [9.17, 15) is 14.7 Å². The molecule has 17 heavy (non-hydrogen) atoms. The van der Waals surface area contributed by atoms with E-state index in [1.807, 2.05) is 6.92 Å². The van der Waals surface area contributed by atoms with Gasteiger partial charge in [-0.15, -0.1) is 0 Å². The smallest absolute Gasteiger partial charge is 0.311 e. The lowest BCUT2D eigenvalue weighted by atomic mass is 9.86. The maximum absolute atomic E-state index is 11.8. The lowest BCUT2D eigenvalue weighted by Gasteiger charge is -2.24. The van der Waals surface area contributed by atoms with Crippen LogP contribution in [-0.4, -0.2) is 23.5 Å². The van der Waals surface area contributed by atoms with Crippen LogP contribution in [0.5, 0.6) is 0 Å². The summed E-state index contributed by atoms with van der Waals surface area (Å²) in [6.07, 6.45) is 5.58. The first-order valence-corrected chi connectivity index (χ1v) is 6.56. The Morgan fingerprint density at radius 3 is 2.41 bits per heavy atom. The van der Waals surface area contributed by atoms with Crippen molar-refractivity contribution in [3.63, 3.8) is 0 Å². The molecule has 1 amide bonds. The van der Waals surface area contributed by atoms with E-state index in [0.717, 1.165) is 25.7 Å². The molecule has 0 bridgehead atoms. The van der Waals surface area contributed by atoms with E-state index < -0.39 is 11.4 Å². The van der Waals surface area contributed by atoms with Gasteiger partial charge in [-0.2, -0.15) is 0 Å². The van der Waals surface area contributed by atoms with E-state index in [1.54, 1.807) is 0 Å². The average Bonchev–Trinajstić information content (AvgIpc) is 3.04. The van der Waals surface area contributed by atoms with Crippen LogP contribution in [-0.2, 0) is 9.59 Å². The molecule has 0 aromatic carbocycles. The molecule has 2 saturated carbocycles. The second-order valence-corrected chi connectivity index (χ2v) is 5.64. The Labute approximate surface area is 102 Å². The summed E-state index contributed by atoms with van der Waals surface area (Å²) in [5, 5.41) is 12.1. The van der Waals surface area contributed by atoms with Gasteiger partial charge in [-0.3, -0.25) is 9.59 Å². The second-order valence-electron chi connectivity index (χ2n) is 5.64. The van der Waals surface area contributed by atoms with E-state index in [-0.39, 0.29) is 11.8 Å². The highest BCUT2D eigenvalue weighted by Crippen LogP contribution is 2.39. The minimum Gasteiger partial charge on any atom is -0.481 e. The van der Waals surface area contributed by atoms with Gasteiger partial charge in [-0.05, 0) is 31.6 Å². The fourth-order valence-electron chi connectivity index (χ4n) is 2.75. The molecular weight excluding hydrogens is 218 g/mol. The number of carboxylic acid groups (broad SMARTS) is 1. The zero-order valence-electron chi connectivity index (χ0n) is 10.4. The van der Waals surface area contributed by atoms with Crippen molar-refractivity contribution < 1.29 is 14.7 Å². The summed E-state index contributed by atoms with van der Waals surface area (Å²) in [6.45, 7) is 2.24. The highest BCUT2D eigenvalue weighted by molar-refractivity contribution is 5.81. The van der Waals surface area contributed by atoms with Gasteiger partial charge in [0.15, 0.2) is 0 Å². The van der Waals surface area contributed by atoms with Crippen LogP contribution >= 0.6 is 0 Å². The molecular formula is C13H21NO3. The van der Waals surface area contributed by atoms with Crippen molar-refractivity contribution in [2.45, 2.75) is 45.4 Å². The SMILES string of the molecule is CC(C(=O)NCC1(C(=O)O)CCCC1)C1CC1. The van der Waals surface area contributed by atoms with Crippen LogP contribution in [0.4, 0.5) is 0 Å². The molecule has 0 aromatic heterocycles. The van der Waals surface area contributed by atoms with Crippen LogP contribution in [0.1, 0.15) is 45.4 Å². The maximum Gasteiger partial charge on any atom is 0.311 e. The van der Waals surface area contributed by atoms with Gasteiger partial charge in [0.1, 0.15) is 0 Å². The number of hydrogen-bond acceptors (Lipinski definition) is 2. The van der Waals surface area contributed by atoms with Crippen LogP contribution in [0.3, 0.4) is 0 Å². The van der Waals surface area contributed by atoms with E-state index >= 15 is 0 Å². The average molecular weight is 239 g/mol. The zero-order chi connectivity index (χ0) is 12.5. The first-order valence-electron chi connectivity index (χ1n) is 6.56. The summed E-state index contributed by atoms with van der Waals surface area (Å²) < 4.78 is 0. The van der Waals surface area contributed by atoms with Gasteiger partial charge < -0.3 is 10.4 Å². The summed E-state index contributed by atoms with van der Waals surface area (Å²) in [6, 6.07) is 0. The van der Waals surface area contributed by atoms with Crippen molar-refractivity contribution >= 4 is 11.9 Å². The Balaban J connectivity index is 1.86. The Kier molecular flexibility index (Phi) is 3.40. The Morgan fingerprint density at radius 2 is 1.94 bits per heavy atom. The van der Waals surface area contributed by atoms with Crippen molar-refractivity contribution in [2.24, 2.45) is 17.3 Å². The number of hydrogen-bond donors (Lipinski definition) is 2. The highest BCUT2D eigenvalue weighted by Gasteiger charge is 2.42. The molecule has 2 N–H and O–H groups in total. The number of carbonyl (C=O) groups excluding carboxylic acids is 1. The van der Waals surface area contributed by atoms with Crippen molar-refractivity contribution in [2.75, 3.05) is 6.54 Å². The van der Waals surface area contributed by atoms with Crippen LogP contribution in [0, 0.1) is 17.3 Å². The quantitative estimate of drug-likeness (QED) is 0.768. The van der Waals surface area contributed by atoms with E-state index in [1.165, 1.54) is 0 Å². The molecule has 0 radical (unpaired) electrons. The summed E-state index contributed by atoms with van der Waals surface area (Å²) in [4.78, 5) is 23.1. The maximum atomic E-state index is 11.8. The molecule has 4 heteroatoms. The van der Waals surface area contributed by atoms with E-state index in [4.69, 9.17) is 0 Å². The monoisotopic (exact) mass is 239 g/mol. The molecule has 2 rings (SSSR count). The number of carbonyl (C=O) groups is 2. The van der Waals surface area contributed by atoms with Gasteiger partial charge in [0.05, 0.1) is 5.41 Å². The first kappa shape index (κ1) is 12.4. The molecule has 2 aliphatic carbocycles. The number of carboxylic acids is 1. The van der Waals surface area contributed by atoms with Gasteiger partial charge >= 0.3 is 5.97 Å². The van der Waals surface area contributed by atoms with Crippen LogP contribution < -0.4 is 5.32 Å². The topological polar surface area (TPSA) is 66.4 Å². The fraction of sp³-hybridized carbons (Fsp3) is 0.846. The third-order valence-electron chi connectivity index (χ3n) is 4.36. The second kappa shape index (κ2) is 4.67. The van der Waals surface area contributed by atoms with Crippen molar-refractivity contribution in [3.05, 3.63) is 0 Å². The molecule has 4 nitrogen and oxygen atoms in total. The zero-order valence-corrected chi connectivity index (χ0v) is 10.4. The summed E-state index contributed by atoms with van der Waals surface area (Å²) in [7, 11) is 0. The van der Waals surface area contributed by atoms with E-state index in [0.29, 0.717) is 25.3 Å². The van der Waals surface area contributed by atoms with E-state index in [2.05, 4.69) is 5.32 Å². The van der Waals surface area contributed by atoms with Crippen molar-refractivity contribution in [1.29, 1.82) is 0 Å². The van der Waals surface area contributed by atoms with Gasteiger partial charge in [0.2, 0.25) is 5.91 Å². The highest BCUT2D eigenvalue weighted by atomic mass is 16.4. The lowest BCUT2D eigenvalue weighted by Crippen LogP contribution is -2.43. The van der Waals surface area contributed by atoms with Crippen LogP contribution in [0.25, 0.3) is 0 Å². The molecule has 0 aliphatic heterocycles. The molecule has 0 saturated heterocycles. The molecule has 2 aliphatic rings. The molecule has 0 aromatic rings. The predicted octanol–water partition coefficient (Wildman–Crippen LogP) is 1.79.